The highest BCUT2D eigenvalue weighted by atomic mass is 16.5. The third kappa shape index (κ3) is 2.11. The van der Waals surface area contributed by atoms with Gasteiger partial charge in [-0.05, 0) is 48.9 Å². The van der Waals surface area contributed by atoms with E-state index in [1.165, 1.54) is 11.8 Å². The zero-order chi connectivity index (χ0) is 16.1. The maximum Gasteiger partial charge on any atom is 0.308 e. The molecule has 1 aromatic carbocycles. The molecule has 5 rings (SSSR count). The predicted molar refractivity (Wildman–Crippen MR) is 82.6 cm³/mol. The lowest BCUT2D eigenvalue weighted by molar-refractivity contribution is -0.132. The fourth-order valence-electron chi connectivity index (χ4n) is 4.16. The molecule has 0 radical (unpaired) electrons. The number of hydrogen-bond donors (Lipinski definition) is 0. The van der Waals surface area contributed by atoms with Crippen LogP contribution in [0.5, 0.6) is 5.75 Å². The molecule has 118 valence electrons. The van der Waals surface area contributed by atoms with Crippen LogP contribution in [0, 0.1) is 23.7 Å². The van der Waals surface area contributed by atoms with Crippen LogP contribution in [0.2, 0.25) is 0 Å². The number of amides is 2. The zero-order valence-corrected chi connectivity index (χ0v) is 12.8. The molecule has 0 spiro atoms. The number of nitrogens with zero attached hydrogens (tertiary/aromatic N) is 1. The first-order chi connectivity index (χ1) is 11.1. The van der Waals surface area contributed by atoms with Crippen LogP contribution in [-0.2, 0) is 14.4 Å². The van der Waals surface area contributed by atoms with E-state index in [0.717, 1.165) is 12.8 Å². The van der Waals surface area contributed by atoms with Crippen LogP contribution in [0.1, 0.15) is 19.8 Å². The molecule has 4 aliphatic rings. The van der Waals surface area contributed by atoms with Crippen LogP contribution in [0.25, 0.3) is 0 Å². The Labute approximate surface area is 133 Å². The Morgan fingerprint density at radius 3 is 1.96 bits per heavy atom. The molecular formula is C18H17NO4. The SMILES string of the molecule is CC(=O)Oc1ccc(N2C(=O)[C@H]3[C@H](C2=O)[C@H]2C=C[C@H]3CC2)cc1. The number of rotatable bonds is 2. The van der Waals surface area contributed by atoms with Crippen LogP contribution >= 0.6 is 0 Å². The number of anilines is 1. The first-order valence-corrected chi connectivity index (χ1v) is 7.91. The summed E-state index contributed by atoms with van der Waals surface area (Å²) in [5.41, 5.74) is 0.546. The van der Waals surface area contributed by atoms with Gasteiger partial charge in [0.25, 0.3) is 0 Å². The van der Waals surface area contributed by atoms with Crippen molar-refractivity contribution in [1.29, 1.82) is 0 Å². The third-order valence-corrected chi connectivity index (χ3v) is 5.12. The van der Waals surface area contributed by atoms with E-state index >= 15 is 0 Å². The maximum absolute atomic E-state index is 12.8. The van der Waals surface area contributed by atoms with Gasteiger partial charge in [0, 0.05) is 6.92 Å². The van der Waals surface area contributed by atoms with Gasteiger partial charge in [0.15, 0.2) is 0 Å². The summed E-state index contributed by atoms with van der Waals surface area (Å²) in [4.78, 5) is 37.8. The third-order valence-electron chi connectivity index (χ3n) is 5.12. The summed E-state index contributed by atoms with van der Waals surface area (Å²) in [5.74, 6) is -0.241. The van der Waals surface area contributed by atoms with Gasteiger partial charge in [0.2, 0.25) is 11.8 Å². The quantitative estimate of drug-likeness (QED) is 0.364. The Bertz CT molecular complexity index is 689. The number of carbonyl (C=O) groups excluding carboxylic acids is 3. The Balaban J connectivity index is 1.64. The smallest absolute Gasteiger partial charge is 0.308 e. The standard InChI is InChI=1S/C18H17NO4/c1-10(20)23-14-8-6-13(7-9-14)19-17(21)15-11-2-3-12(5-4-11)16(15)18(19)22/h2-3,6-9,11-12,15-16H,4-5H2,1H3/t11-,12-,15+,16+/m0/s1. The van der Waals surface area contributed by atoms with Gasteiger partial charge >= 0.3 is 5.97 Å². The monoisotopic (exact) mass is 311 g/mol. The van der Waals surface area contributed by atoms with Crippen molar-refractivity contribution in [2.75, 3.05) is 4.90 Å². The van der Waals surface area contributed by atoms with Crippen molar-refractivity contribution in [2.45, 2.75) is 19.8 Å². The van der Waals surface area contributed by atoms with Crippen molar-refractivity contribution in [1.82, 2.24) is 0 Å². The number of carbonyl (C=O) groups is 3. The molecule has 1 saturated carbocycles. The Kier molecular flexibility index (Phi) is 3.11. The fourth-order valence-corrected chi connectivity index (χ4v) is 4.16. The van der Waals surface area contributed by atoms with Crippen LogP contribution in [-0.4, -0.2) is 17.8 Å². The molecule has 1 aliphatic heterocycles. The van der Waals surface area contributed by atoms with Crippen molar-refractivity contribution in [3.8, 4) is 5.75 Å². The van der Waals surface area contributed by atoms with Crippen molar-refractivity contribution >= 4 is 23.5 Å². The summed E-state index contributed by atoms with van der Waals surface area (Å²) < 4.78 is 4.99. The summed E-state index contributed by atoms with van der Waals surface area (Å²) >= 11 is 0. The van der Waals surface area contributed by atoms with E-state index in [1.54, 1.807) is 24.3 Å². The first-order valence-electron chi connectivity index (χ1n) is 7.91. The normalized spacial score (nSPS) is 31.4. The summed E-state index contributed by atoms with van der Waals surface area (Å²) in [6, 6.07) is 6.51. The Morgan fingerprint density at radius 2 is 1.52 bits per heavy atom. The van der Waals surface area contributed by atoms with E-state index in [0.29, 0.717) is 11.4 Å². The van der Waals surface area contributed by atoms with Crippen molar-refractivity contribution in [2.24, 2.45) is 23.7 Å². The minimum absolute atomic E-state index is 0.0979. The molecule has 5 nitrogen and oxygen atoms in total. The van der Waals surface area contributed by atoms with Crippen LogP contribution in [0.4, 0.5) is 5.69 Å². The lowest BCUT2D eigenvalue weighted by atomic mass is 9.63. The van der Waals surface area contributed by atoms with E-state index in [9.17, 15) is 14.4 Å². The second-order valence-corrected chi connectivity index (χ2v) is 6.44. The molecule has 1 heterocycles. The topological polar surface area (TPSA) is 63.7 Å². The van der Waals surface area contributed by atoms with Crippen LogP contribution in [0.15, 0.2) is 36.4 Å². The van der Waals surface area contributed by atoms with E-state index < -0.39 is 5.97 Å². The number of imide groups is 1. The number of benzene rings is 1. The average Bonchev–Trinajstić information content (AvgIpc) is 2.83. The van der Waals surface area contributed by atoms with Gasteiger partial charge in [0.05, 0.1) is 17.5 Å². The summed E-state index contributed by atoms with van der Waals surface area (Å²) in [6.07, 6.45) is 6.18. The fraction of sp³-hybridized carbons (Fsp3) is 0.389. The average molecular weight is 311 g/mol. The van der Waals surface area contributed by atoms with Crippen LogP contribution in [0.3, 0.4) is 0 Å². The molecule has 1 saturated heterocycles. The molecule has 0 aromatic heterocycles. The molecule has 4 atom stereocenters. The number of esters is 1. The van der Waals surface area contributed by atoms with E-state index in [-0.39, 0.29) is 35.5 Å². The highest BCUT2D eigenvalue weighted by molar-refractivity contribution is 6.22. The zero-order valence-electron chi connectivity index (χ0n) is 12.8. The molecule has 2 amide bonds. The maximum atomic E-state index is 12.8. The molecule has 2 fully saturated rings. The van der Waals surface area contributed by atoms with Gasteiger partial charge in [-0.15, -0.1) is 0 Å². The van der Waals surface area contributed by atoms with Gasteiger partial charge < -0.3 is 4.74 Å². The van der Waals surface area contributed by atoms with E-state index in [2.05, 4.69) is 12.2 Å². The molecule has 3 aliphatic carbocycles. The Hall–Kier alpha value is -2.43. The highest BCUT2D eigenvalue weighted by Gasteiger charge is 2.56. The largest absolute Gasteiger partial charge is 0.427 e. The molecule has 5 heteroatoms. The van der Waals surface area contributed by atoms with Gasteiger partial charge in [-0.3, -0.25) is 19.3 Å². The van der Waals surface area contributed by atoms with Crippen molar-refractivity contribution in [3.05, 3.63) is 36.4 Å². The molecular weight excluding hydrogens is 294 g/mol. The van der Waals surface area contributed by atoms with Crippen LogP contribution < -0.4 is 9.64 Å². The number of allylic oxidation sites excluding steroid dienone is 2. The van der Waals surface area contributed by atoms with E-state index in [4.69, 9.17) is 4.74 Å². The number of hydrogen-bond acceptors (Lipinski definition) is 4. The van der Waals surface area contributed by atoms with Crippen molar-refractivity contribution in [3.63, 3.8) is 0 Å². The van der Waals surface area contributed by atoms with E-state index in [1.807, 2.05) is 0 Å². The lowest BCUT2D eigenvalue weighted by Gasteiger charge is -2.38. The second-order valence-electron chi connectivity index (χ2n) is 6.44. The van der Waals surface area contributed by atoms with Gasteiger partial charge in [-0.1, -0.05) is 12.2 Å². The molecule has 2 bridgehead atoms. The van der Waals surface area contributed by atoms with Gasteiger partial charge in [-0.2, -0.15) is 0 Å². The van der Waals surface area contributed by atoms with Crippen molar-refractivity contribution < 1.29 is 19.1 Å². The predicted octanol–water partition coefficient (Wildman–Crippen LogP) is 2.31. The molecule has 23 heavy (non-hydrogen) atoms. The minimum atomic E-state index is -0.403. The van der Waals surface area contributed by atoms with Gasteiger partial charge in [-0.25, -0.2) is 0 Å². The summed E-state index contributed by atoms with van der Waals surface area (Å²) in [5, 5.41) is 0. The minimum Gasteiger partial charge on any atom is -0.427 e. The molecule has 0 N–H and O–H groups in total. The summed E-state index contributed by atoms with van der Waals surface area (Å²) in [7, 11) is 0. The Morgan fingerprint density at radius 1 is 1.00 bits per heavy atom. The molecule has 1 aromatic rings. The number of fused-ring (bicyclic) bond motifs is 1. The first kappa shape index (κ1) is 14.2. The summed E-state index contributed by atoms with van der Waals surface area (Å²) in [6.45, 7) is 1.33. The second kappa shape index (κ2) is 5.05. The van der Waals surface area contributed by atoms with Gasteiger partial charge in [0.1, 0.15) is 5.75 Å². The lowest BCUT2D eigenvalue weighted by Crippen LogP contribution is -2.38. The number of ether oxygens (including phenoxy) is 1. The molecule has 0 unspecified atom stereocenters. The highest BCUT2D eigenvalue weighted by Crippen LogP contribution is 2.50.